The third kappa shape index (κ3) is 3.56. The fraction of sp³-hybridized carbons (Fsp3) is 1.00. The Kier molecular flexibility index (Phi) is 4.35. The van der Waals surface area contributed by atoms with E-state index in [1.807, 2.05) is 0 Å². The van der Waals surface area contributed by atoms with E-state index in [9.17, 15) is 0 Å². The topological polar surface area (TPSA) is 47.3 Å². The Morgan fingerprint density at radius 3 is 2.71 bits per heavy atom. The highest BCUT2D eigenvalue weighted by Gasteiger charge is 2.27. The monoisotopic (exact) mass is 200 g/mol. The fourth-order valence-corrected chi connectivity index (χ4v) is 1.67. The van der Waals surface area contributed by atoms with E-state index in [0.717, 1.165) is 26.2 Å². The predicted molar refractivity (Wildman–Crippen MR) is 59.3 cm³/mol. The zero-order valence-corrected chi connectivity index (χ0v) is 9.68. The van der Waals surface area contributed by atoms with Crippen molar-refractivity contribution in [2.75, 3.05) is 19.8 Å². The Morgan fingerprint density at radius 2 is 2.21 bits per heavy atom. The van der Waals surface area contributed by atoms with E-state index in [1.165, 1.54) is 6.42 Å². The molecular formula is C11H24N2O. The Labute approximate surface area is 87.4 Å². The van der Waals surface area contributed by atoms with Crippen molar-refractivity contribution >= 4 is 0 Å². The van der Waals surface area contributed by atoms with Gasteiger partial charge < -0.3 is 15.8 Å². The van der Waals surface area contributed by atoms with Gasteiger partial charge in [-0.3, -0.25) is 0 Å². The SMILES string of the molecule is CC(C)C(N)CNC1(C)CCCOC1. The lowest BCUT2D eigenvalue weighted by Crippen LogP contribution is -2.53. The summed E-state index contributed by atoms with van der Waals surface area (Å²) >= 11 is 0. The van der Waals surface area contributed by atoms with Crippen LogP contribution in [0.25, 0.3) is 0 Å². The second-order valence-electron chi connectivity index (χ2n) is 5.01. The molecule has 2 atom stereocenters. The van der Waals surface area contributed by atoms with Crippen LogP contribution in [0.4, 0.5) is 0 Å². The van der Waals surface area contributed by atoms with Crippen molar-refractivity contribution in [1.29, 1.82) is 0 Å². The van der Waals surface area contributed by atoms with Gasteiger partial charge in [0.2, 0.25) is 0 Å². The summed E-state index contributed by atoms with van der Waals surface area (Å²) in [5, 5.41) is 3.53. The minimum atomic E-state index is 0.144. The fourth-order valence-electron chi connectivity index (χ4n) is 1.67. The molecule has 3 heteroatoms. The first-order valence-corrected chi connectivity index (χ1v) is 5.62. The lowest BCUT2D eigenvalue weighted by molar-refractivity contribution is 0.0276. The third-order valence-electron chi connectivity index (χ3n) is 3.06. The van der Waals surface area contributed by atoms with E-state index in [4.69, 9.17) is 10.5 Å². The van der Waals surface area contributed by atoms with Crippen LogP contribution >= 0.6 is 0 Å². The lowest BCUT2D eigenvalue weighted by atomic mass is 9.94. The summed E-state index contributed by atoms with van der Waals surface area (Å²) in [4.78, 5) is 0. The minimum absolute atomic E-state index is 0.144. The maximum Gasteiger partial charge on any atom is 0.0645 e. The summed E-state index contributed by atoms with van der Waals surface area (Å²) < 4.78 is 5.47. The molecule has 1 aliphatic heterocycles. The van der Waals surface area contributed by atoms with Crippen molar-refractivity contribution in [3.8, 4) is 0 Å². The summed E-state index contributed by atoms with van der Waals surface area (Å²) in [5.74, 6) is 0.538. The van der Waals surface area contributed by atoms with Gasteiger partial charge in [0.05, 0.1) is 6.61 Å². The number of hydrogen-bond acceptors (Lipinski definition) is 3. The molecule has 3 N–H and O–H groups in total. The van der Waals surface area contributed by atoms with Crippen LogP contribution in [0.5, 0.6) is 0 Å². The average molecular weight is 200 g/mol. The van der Waals surface area contributed by atoms with Crippen molar-refractivity contribution in [2.45, 2.75) is 45.2 Å². The first-order chi connectivity index (χ1) is 6.53. The molecule has 1 rings (SSSR count). The average Bonchev–Trinajstić information content (AvgIpc) is 2.15. The van der Waals surface area contributed by atoms with Crippen LogP contribution in [-0.4, -0.2) is 31.3 Å². The maximum absolute atomic E-state index is 5.99. The van der Waals surface area contributed by atoms with Crippen LogP contribution in [0.1, 0.15) is 33.6 Å². The van der Waals surface area contributed by atoms with Crippen molar-refractivity contribution in [2.24, 2.45) is 11.7 Å². The van der Waals surface area contributed by atoms with Crippen LogP contribution in [0.2, 0.25) is 0 Å². The molecule has 2 unspecified atom stereocenters. The Hall–Kier alpha value is -0.120. The second kappa shape index (κ2) is 5.10. The molecule has 0 aromatic rings. The van der Waals surface area contributed by atoms with Crippen LogP contribution in [0, 0.1) is 5.92 Å². The van der Waals surface area contributed by atoms with E-state index in [1.54, 1.807) is 0 Å². The van der Waals surface area contributed by atoms with E-state index in [-0.39, 0.29) is 11.6 Å². The van der Waals surface area contributed by atoms with Crippen LogP contribution in [0.3, 0.4) is 0 Å². The Morgan fingerprint density at radius 1 is 1.50 bits per heavy atom. The van der Waals surface area contributed by atoms with Gasteiger partial charge in [-0.1, -0.05) is 13.8 Å². The van der Waals surface area contributed by atoms with E-state index >= 15 is 0 Å². The number of rotatable bonds is 4. The number of nitrogens with two attached hydrogens (primary N) is 1. The van der Waals surface area contributed by atoms with Crippen LogP contribution in [-0.2, 0) is 4.74 Å². The first-order valence-electron chi connectivity index (χ1n) is 5.62. The van der Waals surface area contributed by atoms with Gasteiger partial charge >= 0.3 is 0 Å². The Bertz CT molecular complexity index is 165. The highest BCUT2D eigenvalue weighted by molar-refractivity contribution is 4.87. The molecule has 0 aromatic carbocycles. The van der Waals surface area contributed by atoms with Crippen LogP contribution < -0.4 is 11.1 Å². The molecule has 0 amide bonds. The molecule has 1 aliphatic rings. The molecule has 0 bridgehead atoms. The molecule has 3 nitrogen and oxygen atoms in total. The van der Waals surface area contributed by atoms with Gasteiger partial charge in [-0.05, 0) is 25.7 Å². The molecule has 1 heterocycles. The molecule has 0 radical (unpaired) electrons. The standard InChI is InChI=1S/C11H24N2O/c1-9(2)10(12)7-13-11(3)5-4-6-14-8-11/h9-10,13H,4-8,12H2,1-3H3. The zero-order valence-electron chi connectivity index (χ0n) is 9.68. The largest absolute Gasteiger partial charge is 0.380 e. The van der Waals surface area contributed by atoms with E-state index in [0.29, 0.717) is 5.92 Å². The molecular weight excluding hydrogens is 176 g/mol. The van der Waals surface area contributed by atoms with Crippen molar-refractivity contribution in [1.82, 2.24) is 5.32 Å². The van der Waals surface area contributed by atoms with Crippen LogP contribution in [0.15, 0.2) is 0 Å². The smallest absolute Gasteiger partial charge is 0.0645 e. The number of nitrogens with one attached hydrogen (secondary N) is 1. The predicted octanol–water partition coefficient (Wildman–Crippen LogP) is 1.13. The molecule has 1 fully saturated rings. The van der Waals surface area contributed by atoms with Gasteiger partial charge in [0.1, 0.15) is 0 Å². The highest BCUT2D eigenvalue weighted by Crippen LogP contribution is 2.18. The lowest BCUT2D eigenvalue weighted by Gasteiger charge is -2.35. The molecule has 0 aromatic heterocycles. The van der Waals surface area contributed by atoms with Gasteiger partial charge in [0, 0.05) is 24.7 Å². The summed E-state index contributed by atoms with van der Waals surface area (Å²) in [6.07, 6.45) is 2.35. The molecule has 0 spiro atoms. The van der Waals surface area contributed by atoms with Gasteiger partial charge in [-0.15, -0.1) is 0 Å². The van der Waals surface area contributed by atoms with Gasteiger partial charge in [-0.2, -0.15) is 0 Å². The molecule has 1 saturated heterocycles. The summed E-state index contributed by atoms with van der Waals surface area (Å²) in [7, 11) is 0. The number of ether oxygens (including phenoxy) is 1. The molecule has 14 heavy (non-hydrogen) atoms. The van der Waals surface area contributed by atoms with E-state index in [2.05, 4.69) is 26.1 Å². The van der Waals surface area contributed by atoms with Crippen molar-refractivity contribution in [3.63, 3.8) is 0 Å². The summed E-state index contributed by atoms with van der Waals surface area (Å²) in [6, 6.07) is 0.244. The summed E-state index contributed by atoms with van der Waals surface area (Å²) in [6.45, 7) is 9.15. The first kappa shape index (κ1) is 12.0. The molecule has 84 valence electrons. The molecule has 0 saturated carbocycles. The van der Waals surface area contributed by atoms with Crippen molar-refractivity contribution in [3.05, 3.63) is 0 Å². The zero-order chi connectivity index (χ0) is 10.6. The highest BCUT2D eigenvalue weighted by atomic mass is 16.5. The third-order valence-corrected chi connectivity index (χ3v) is 3.06. The summed E-state index contributed by atoms with van der Waals surface area (Å²) in [5.41, 5.74) is 6.13. The van der Waals surface area contributed by atoms with Gasteiger partial charge in [0.25, 0.3) is 0 Å². The quantitative estimate of drug-likeness (QED) is 0.715. The van der Waals surface area contributed by atoms with Gasteiger partial charge in [-0.25, -0.2) is 0 Å². The van der Waals surface area contributed by atoms with Crippen molar-refractivity contribution < 1.29 is 4.74 Å². The minimum Gasteiger partial charge on any atom is -0.380 e. The van der Waals surface area contributed by atoms with E-state index < -0.39 is 0 Å². The van der Waals surface area contributed by atoms with Gasteiger partial charge in [0.15, 0.2) is 0 Å². The maximum atomic E-state index is 5.99. The molecule has 0 aliphatic carbocycles. The number of hydrogen-bond donors (Lipinski definition) is 2. The normalized spacial score (nSPS) is 30.6. The second-order valence-corrected chi connectivity index (χ2v) is 5.01. The Balaban J connectivity index is 2.28.